The second-order valence-corrected chi connectivity index (χ2v) is 4.34. The zero-order chi connectivity index (χ0) is 12.5. The van der Waals surface area contributed by atoms with Crippen LogP contribution in [-0.4, -0.2) is 28.6 Å². The molecule has 1 N–H and O–H groups in total. The number of rotatable bonds is 9. The standard InChI is InChI=1S/C13H24N2O2/c1-3-4-5-6-7-13(16)12-8-9-14-15(12)10-11-17-2/h8-9,13,16H,3-7,10-11H2,1-2H3. The number of methoxy groups -OCH3 is 1. The largest absolute Gasteiger partial charge is 0.387 e. The second-order valence-electron chi connectivity index (χ2n) is 4.34. The minimum absolute atomic E-state index is 0.397. The van der Waals surface area contributed by atoms with Crippen molar-refractivity contribution >= 4 is 0 Å². The number of nitrogens with zero attached hydrogens (tertiary/aromatic N) is 2. The minimum atomic E-state index is -0.397. The number of hydrogen-bond acceptors (Lipinski definition) is 3. The fraction of sp³-hybridized carbons (Fsp3) is 0.769. The molecule has 1 unspecified atom stereocenters. The van der Waals surface area contributed by atoms with Gasteiger partial charge in [0, 0.05) is 13.3 Å². The average molecular weight is 240 g/mol. The first-order valence-electron chi connectivity index (χ1n) is 6.48. The predicted molar refractivity (Wildman–Crippen MR) is 67.8 cm³/mol. The lowest BCUT2D eigenvalue weighted by molar-refractivity contribution is 0.143. The molecule has 17 heavy (non-hydrogen) atoms. The number of hydrogen-bond donors (Lipinski definition) is 1. The lowest BCUT2D eigenvalue weighted by atomic mass is 10.1. The van der Waals surface area contributed by atoms with Crippen molar-refractivity contribution in [3.63, 3.8) is 0 Å². The van der Waals surface area contributed by atoms with Crippen molar-refractivity contribution < 1.29 is 9.84 Å². The Balaban J connectivity index is 2.39. The molecule has 98 valence electrons. The van der Waals surface area contributed by atoms with Gasteiger partial charge in [-0.3, -0.25) is 4.68 Å². The molecule has 0 saturated carbocycles. The van der Waals surface area contributed by atoms with Crippen LogP contribution in [0.1, 0.15) is 50.8 Å². The van der Waals surface area contributed by atoms with Gasteiger partial charge in [-0.25, -0.2) is 0 Å². The van der Waals surface area contributed by atoms with Crippen molar-refractivity contribution in [2.45, 2.75) is 51.7 Å². The van der Waals surface area contributed by atoms with Gasteiger partial charge in [0.2, 0.25) is 0 Å². The van der Waals surface area contributed by atoms with Crippen molar-refractivity contribution in [2.75, 3.05) is 13.7 Å². The van der Waals surface area contributed by atoms with Crippen LogP contribution in [0.15, 0.2) is 12.3 Å². The van der Waals surface area contributed by atoms with Crippen LogP contribution in [0.25, 0.3) is 0 Å². The third kappa shape index (κ3) is 4.88. The molecule has 0 spiro atoms. The summed E-state index contributed by atoms with van der Waals surface area (Å²) in [5, 5.41) is 14.3. The summed E-state index contributed by atoms with van der Waals surface area (Å²) >= 11 is 0. The van der Waals surface area contributed by atoms with Gasteiger partial charge >= 0.3 is 0 Å². The zero-order valence-corrected chi connectivity index (χ0v) is 10.9. The molecule has 0 saturated heterocycles. The molecule has 0 amide bonds. The van der Waals surface area contributed by atoms with E-state index in [4.69, 9.17) is 4.74 Å². The maximum Gasteiger partial charge on any atom is 0.0956 e. The lowest BCUT2D eigenvalue weighted by Crippen LogP contribution is -2.12. The Kier molecular flexibility index (Phi) is 6.89. The second kappa shape index (κ2) is 8.25. The van der Waals surface area contributed by atoms with Gasteiger partial charge in [0.05, 0.1) is 24.9 Å². The molecule has 0 radical (unpaired) electrons. The van der Waals surface area contributed by atoms with Crippen LogP contribution in [0.5, 0.6) is 0 Å². The maximum absolute atomic E-state index is 10.1. The first kappa shape index (κ1) is 14.2. The Morgan fingerprint density at radius 2 is 2.24 bits per heavy atom. The quantitative estimate of drug-likeness (QED) is 0.675. The van der Waals surface area contributed by atoms with E-state index in [1.165, 1.54) is 19.3 Å². The molecule has 4 nitrogen and oxygen atoms in total. The molecule has 1 aromatic rings. The van der Waals surface area contributed by atoms with E-state index < -0.39 is 6.10 Å². The van der Waals surface area contributed by atoms with Crippen LogP contribution in [0.2, 0.25) is 0 Å². The van der Waals surface area contributed by atoms with E-state index in [0.717, 1.165) is 18.5 Å². The SMILES string of the molecule is CCCCCCC(O)c1ccnn1CCOC. The van der Waals surface area contributed by atoms with Crippen molar-refractivity contribution in [1.82, 2.24) is 9.78 Å². The van der Waals surface area contributed by atoms with E-state index in [9.17, 15) is 5.11 Å². The molecule has 0 fully saturated rings. The molecule has 1 aromatic heterocycles. The molecular formula is C13H24N2O2. The van der Waals surface area contributed by atoms with E-state index in [1.807, 2.05) is 10.7 Å². The number of aromatic nitrogens is 2. The van der Waals surface area contributed by atoms with E-state index in [0.29, 0.717) is 13.2 Å². The number of unbranched alkanes of at least 4 members (excludes halogenated alkanes) is 3. The third-order valence-electron chi connectivity index (χ3n) is 2.93. The molecule has 0 aliphatic carbocycles. The van der Waals surface area contributed by atoms with Gasteiger partial charge < -0.3 is 9.84 Å². The highest BCUT2D eigenvalue weighted by Gasteiger charge is 2.12. The van der Waals surface area contributed by atoms with Crippen molar-refractivity contribution in [3.05, 3.63) is 18.0 Å². The first-order valence-corrected chi connectivity index (χ1v) is 6.48. The molecule has 1 atom stereocenters. The molecule has 0 aromatic carbocycles. The molecule has 0 aliphatic heterocycles. The van der Waals surface area contributed by atoms with E-state index >= 15 is 0 Å². The number of aliphatic hydroxyl groups excluding tert-OH is 1. The van der Waals surface area contributed by atoms with Gasteiger partial charge in [-0.15, -0.1) is 0 Å². The summed E-state index contributed by atoms with van der Waals surface area (Å²) in [6.45, 7) is 3.51. The fourth-order valence-electron chi connectivity index (χ4n) is 1.90. The zero-order valence-electron chi connectivity index (χ0n) is 10.9. The molecule has 1 rings (SSSR count). The average Bonchev–Trinajstić information content (AvgIpc) is 2.80. The molecule has 0 bridgehead atoms. The van der Waals surface area contributed by atoms with Crippen LogP contribution in [0.4, 0.5) is 0 Å². The van der Waals surface area contributed by atoms with Crippen molar-refractivity contribution in [3.8, 4) is 0 Å². The van der Waals surface area contributed by atoms with Gasteiger partial charge in [-0.05, 0) is 12.5 Å². The van der Waals surface area contributed by atoms with Gasteiger partial charge in [0.1, 0.15) is 0 Å². The van der Waals surface area contributed by atoms with Crippen molar-refractivity contribution in [2.24, 2.45) is 0 Å². The predicted octanol–water partition coefficient (Wildman–Crippen LogP) is 2.53. The summed E-state index contributed by atoms with van der Waals surface area (Å²) in [4.78, 5) is 0. The summed E-state index contributed by atoms with van der Waals surface area (Å²) in [7, 11) is 1.67. The summed E-state index contributed by atoms with van der Waals surface area (Å²) in [6, 6.07) is 1.89. The number of aliphatic hydroxyl groups is 1. The van der Waals surface area contributed by atoms with E-state index in [-0.39, 0.29) is 0 Å². The minimum Gasteiger partial charge on any atom is -0.387 e. The van der Waals surface area contributed by atoms with Crippen molar-refractivity contribution in [1.29, 1.82) is 0 Å². The van der Waals surface area contributed by atoms with Crippen LogP contribution in [0, 0.1) is 0 Å². The third-order valence-corrected chi connectivity index (χ3v) is 2.93. The highest BCUT2D eigenvalue weighted by atomic mass is 16.5. The summed E-state index contributed by atoms with van der Waals surface area (Å²) in [6.07, 6.45) is 6.90. The van der Waals surface area contributed by atoms with E-state index in [2.05, 4.69) is 12.0 Å². The molecule has 0 aliphatic rings. The van der Waals surface area contributed by atoms with Crippen LogP contribution >= 0.6 is 0 Å². The molecular weight excluding hydrogens is 216 g/mol. The van der Waals surface area contributed by atoms with E-state index in [1.54, 1.807) is 13.3 Å². The highest BCUT2D eigenvalue weighted by molar-refractivity contribution is 5.04. The summed E-state index contributed by atoms with van der Waals surface area (Å²) in [5.74, 6) is 0. The summed E-state index contributed by atoms with van der Waals surface area (Å²) in [5.41, 5.74) is 0.901. The fourth-order valence-corrected chi connectivity index (χ4v) is 1.90. The van der Waals surface area contributed by atoms with Gasteiger partial charge in [-0.1, -0.05) is 32.6 Å². The van der Waals surface area contributed by atoms with Gasteiger partial charge in [0.25, 0.3) is 0 Å². The Hall–Kier alpha value is -0.870. The Bertz CT molecular complexity index is 299. The smallest absolute Gasteiger partial charge is 0.0956 e. The van der Waals surface area contributed by atoms with Gasteiger partial charge in [-0.2, -0.15) is 5.10 Å². The Morgan fingerprint density at radius 1 is 1.41 bits per heavy atom. The Labute approximate surface area is 104 Å². The normalized spacial score (nSPS) is 12.9. The lowest BCUT2D eigenvalue weighted by Gasteiger charge is -2.13. The topological polar surface area (TPSA) is 47.3 Å². The highest BCUT2D eigenvalue weighted by Crippen LogP contribution is 2.19. The Morgan fingerprint density at radius 3 is 2.94 bits per heavy atom. The van der Waals surface area contributed by atoms with Gasteiger partial charge in [0.15, 0.2) is 0 Å². The molecule has 1 heterocycles. The van der Waals surface area contributed by atoms with Crippen LogP contribution in [-0.2, 0) is 11.3 Å². The first-order chi connectivity index (χ1) is 8.29. The molecule has 4 heteroatoms. The van der Waals surface area contributed by atoms with Crippen LogP contribution < -0.4 is 0 Å². The summed E-state index contributed by atoms with van der Waals surface area (Å²) < 4.78 is 6.85. The van der Waals surface area contributed by atoms with Crippen LogP contribution in [0.3, 0.4) is 0 Å². The maximum atomic E-state index is 10.1. The number of ether oxygens (including phenoxy) is 1. The monoisotopic (exact) mass is 240 g/mol.